The van der Waals surface area contributed by atoms with Gasteiger partial charge in [0.15, 0.2) is 0 Å². The summed E-state index contributed by atoms with van der Waals surface area (Å²) in [5.74, 6) is -0.0621. The smallest absolute Gasteiger partial charge is 0.317 e. The first kappa shape index (κ1) is 15.5. The molecule has 1 N–H and O–H groups in total. The van der Waals surface area contributed by atoms with E-state index in [0.717, 1.165) is 10.4 Å². The van der Waals surface area contributed by atoms with Crippen LogP contribution in [0.25, 0.3) is 0 Å². The maximum absolute atomic E-state index is 12.8. The summed E-state index contributed by atoms with van der Waals surface area (Å²) >= 11 is 1.62. The Bertz CT molecular complexity index is 675. The Labute approximate surface area is 138 Å². The summed E-state index contributed by atoms with van der Waals surface area (Å²) in [4.78, 5) is 32.9. The number of thiophene rings is 1. The van der Waals surface area contributed by atoms with Gasteiger partial charge in [-0.15, -0.1) is 11.3 Å². The SMILES string of the molecule is CN1CC(C(=O)N(Cc2ccncc2)Cc2cccs2)NC1=O. The fraction of sp³-hybridized carbons (Fsp3) is 0.312. The molecule has 0 aliphatic carbocycles. The Morgan fingerprint density at radius 2 is 2.17 bits per heavy atom. The molecule has 7 heteroatoms. The maximum Gasteiger partial charge on any atom is 0.317 e. The van der Waals surface area contributed by atoms with Crippen molar-refractivity contribution in [2.75, 3.05) is 13.6 Å². The zero-order chi connectivity index (χ0) is 16.2. The molecular formula is C16H18N4O2S. The summed E-state index contributed by atoms with van der Waals surface area (Å²) < 4.78 is 0. The molecule has 3 amide bonds. The molecule has 1 aliphatic heterocycles. The second-order valence-electron chi connectivity index (χ2n) is 5.51. The number of nitrogens with zero attached hydrogens (tertiary/aromatic N) is 3. The normalized spacial score (nSPS) is 17.2. The predicted molar refractivity (Wildman–Crippen MR) is 87.8 cm³/mol. The molecular weight excluding hydrogens is 312 g/mol. The third kappa shape index (κ3) is 3.68. The first-order chi connectivity index (χ1) is 11.1. The molecule has 1 aliphatic rings. The van der Waals surface area contributed by atoms with Gasteiger partial charge >= 0.3 is 6.03 Å². The Balaban J connectivity index is 1.76. The molecule has 1 atom stereocenters. The zero-order valence-electron chi connectivity index (χ0n) is 12.8. The Morgan fingerprint density at radius 3 is 2.78 bits per heavy atom. The molecule has 0 radical (unpaired) electrons. The van der Waals surface area contributed by atoms with Gasteiger partial charge in [-0.1, -0.05) is 6.07 Å². The Hall–Kier alpha value is -2.41. The first-order valence-corrected chi connectivity index (χ1v) is 8.23. The number of hydrogen-bond acceptors (Lipinski definition) is 4. The highest BCUT2D eigenvalue weighted by Crippen LogP contribution is 2.16. The molecule has 0 saturated carbocycles. The van der Waals surface area contributed by atoms with E-state index >= 15 is 0 Å². The summed E-state index contributed by atoms with van der Waals surface area (Å²) in [5.41, 5.74) is 1.02. The maximum atomic E-state index is 12.8. The van der Waals surface area contributed by atoms with Crippen molar-refractivity contribution in [2.24, 2.45) is 0 Å². The number of amides is 3. The van der Waals surface area contributed by atoms with E-state index in [1.54, 1.807) is 35.7 Å². The number of rotatable bonds is 5. The van der Waals surface area contributed by atoms with Gasteiger partial charge < -0.3 is 15.1 Å². The van der Waals surface area contributed by atoms with Crippen molar-refractivity contribution in [3.63, 3.8) is 0 Å². The van der Waals surface area contributed by atoms with Crippen molar-refractivity contribution in [3.05, 3.63) is 52.5 Å². The summed E-state index contributed by atoms with van der Waals surface area (Å²) in [6, 6.07) is 7.08. The van der Waals surface area contributed by atoms with E-state index in [0.29, 0.717) is 19.6 Å². The molecule has 1 saturated heterocycles. The van der Waals surface area contributed by atoms with Crippen LogP contribution in [0.2, 0.25) is 0 Å². The minimum atomic E-state index is -0.491. The van der Waals surface area contributed by atoms with E-state index in [1.165, 1.54) is 4.90 Å². The van der Waals surface area contributed by atoms with Crippen molar-refractivity contribution in [1.29, 1.82) is 0 Å². The number of aromatic nitrogens is 1. The van der Waals surface area contributed by atoms with Crippen molar-refractivity contribution >= 4 is 23.3 Å². The monoisotopic (exact) mass is 330 g/mol. The second kappa shape index (κ2) is 6.78. The molecule has 1 fully saturated rings. The van der Waals surface area contributed by atoms with Crippen LogP contribution in [0.15, 0.2) is 42.0 Å². The fourth-order valence-corrected chi connectivity index (χ4v) is 3.25. The van der Waals surface area contributed by atoms with Crippen LogP contribution < -0.4 is 5.32 Å². The van der Waals surface area contributed by atoms with Crippen LogP contribution in [0.3, 0.4) is 0 Å². The Morgan fingerprint density at radius 1 is 1.39 bits per heavy atom. The predicted octanol–water partition coefficient (Wildman–Crippen LogP) is 1.70. The number of hydrogen-bond donors (Lipinski definition) is 1. The summed E-state index contributed by atoms with van der Waals surface area (Å²) in [6.07, 6.45) is 3.43. The van der Waals surface area contributed by atoms with Gasteiger partial charge in [0.05, 0.1) is 13.1 Å². The minimum absolute atomic E-state index is 0.0621. The van der Waals surface area contributed by atoms with E-state index in [9.17, 15) is 9.59 Å². The number of pyridine rings is 1. The highest BCUT2D eigenvalue weighted by Gasteiger charge is 2.34. The topological polar surface area (TPSA) is 65.5 Å². The van der Waals surface area contributed by atoms with Gasteiger partial charge in [-0.2, -0.15) is 0 Å². The van der Waals surface area contributed by atoms with Crippen molar-refractivity contribution in [3.8, 4) is 0 Å². The lowest BCUT2D eigenvalue weighted by Crippen LogP contribution is -2.44. The average Bonchev–Trinajstić information content (AvgIpc) is 3.17. The molecule has 0 aromatic carbocycles. The molecule has 0 spiro atoms. The first-order valence-electron chi connectivity index (χ1n) is 7.35. The van der Waals surface area contributed by atoms with E-state index in [-0.39, 0.29) is 11.9 Å². The minimum Gasteiger partial charge on any atom is -0.331 e. The zero-order valence-corrected chi connectivity index (χ0v) is 13.6. The summed E-state index contributed by atoms with van der Waals surface area (Å²) in [5, 5.41) is 4.73. The molecule has 1 unspecified atom stereocenters. The van der Waals surface area contributed by atoms with Crippen LogP contribution in [0.1, 0.15) is 10.4 Å². The highest BCUT2D eigenvalue weighted by molar-refractivity contribution is 7.09. The number of urea groups is 1. The quantitative estimate of drug-likeness (QED) is 0.907. The van der Waals surface area contributed by atoms with Gasteiger partial charge in [-0.05, 0) is 29.1 Å². The second-order valence-corrected chi connectivity index (χ2v) is 6.54. The molecule has 3 heterocycles. The molecule has 23 heavy (non-hydrogen) atoms. The molecule has 6 nitrogen and oxygen atoms in total. The molecule has 3 rings (SSSR count). The van der Waals surface area contributed by atoms with Crippen LogP contribution in [0.4, 0.5) is 4.79 Å². The van der Waals surface area contributed by atoms with Crippen LogP contribution in [0, 0.1) is 0 Å². The molecule has 120 valence electrons. The van der Waals surface area contributed by atoms with Gasteiger partial charge in [-0.3, -0.25) is 9.78 Å². The number of carbonyl (C=O) groups excluding carboxylic acids is 2. The van der Waals surface area contributed by atoms with Crippen molar-refractivity contribution < 1.29 is 9.59 Å². The third-order valence-electron chi connectivity index (χ3n) is 3.76. The van der Waals surface area contributed by atoms with E-state index in [2.05, 4.69) is 10.3 Å². The van der Waals surface area contributed by atoms with E-state index in [1.807, 2.05) is 29.6 Å². The lowest BCUT2D eigenvalue weighted by atomic mass is 10.2. The van der Waals surface area contributed by atoms with Crippen LogP contribution >= 0.6 is 11.3 Å². The lowest BCUT2D eigenvalue weighted by molar-refractivity contribution is -0.134. The third-order valence-corrected chi connectivity index (χ3v) is 4.62. The lowest BCUT2D eigenvalue weighted by Gasteiger charge is -2.25. The molecule has 0 bridgehead atoms. The fourth-order valence-electron chi connectivity index (χ4n) is 2.53. The Kier molecular flexibility index (Phi) is 4.57. The van der Waals surface area contributed by atoms with Gasteiger partial charge in [0.25, 0.3) is 0 Å². The van der Waals surface area contributed by atoms with Gasteiger partial charge in [-0.25, -0.2) is 4.79 Å². The van der Waals surface area contributed by atoms with Gasteiger partial charge in [0.1, 0.15) is 6.04 Å². The van der Waals surface area contributed by atoms with Crippen LogP contribution in [-0.4, -0.2) is 46.4 Å². The largest absolute Gasteiger partial charge is 0.331 e. The van der Waals surface area contributed by atoms with Crippen molar-refractivity contribution in [1.82, 2.24) is 20.1 Å². The number of carbonyl (C=O) groups is 2. The van der Waals surface area contributed by atoms with E-state index < -0.39 is 6.04 Å². The van der Waals surface area contributed by atoms with E-state index in [4.69, 9.17) is 0 Å². The number of nitrogens with one attached hydrogen (secondary N) is 1. The van der Waals surface area contributed by atoms with Crippen LogP contribution in [0.5, 0.6) is 0 Å². The average molecular weight is 330 g/mol. The van der Waals surface area contributed by atoms with Gasteiger partial charge in [0, 0.05) is 30.9 Å². The summed E-state index contributed by atoms with van der Waals surface area (Å²) in [6.45, 7) is 1.43. The standard InChI is InChI=1S/C16H18N4O2S/c1-19-11-14(18-16(19)22)15(21)20(10-13-3-2-8-23-13)9-12-4-6-17-7-5-12/h2-8,14H,9-11H2,1H3,(H,18,22). The van der Waals surface area contributed by atoms with Crippen LogP contribution in [-0.2, 0) is 17.9 Å². The van der Waals surface area contributed by atoms with Crippen molar-refractivity contribution in [2.45, 2.75) is 19.1 Å². The summed E-state index contributed by atoms with van der Waals surface area (Å²) in [7, 11) is 1.69. The molecule has 2 aromatic rings. The van der Waals surface area contributed by atoms with Gasteiger partial charge in [0.2, 0.25) is 5.91 Å². The molecule has 2 aromatic heterocycles. The highest BCUT2D eigenvalue weighted by atomic mass is 32.1. The number of likely N-dealkylation sites (N-methyl/N-ethyl adjacent to an activating group) is 1.